The molecule has 0 aliphatic rings. The molecule has 0 bridgehead atoms. The van der Waals surface area contributed by atoms with Crippen LogP contribution in [0.3, 0.4) is 0 Å². The van der Waals surface area contributed by atoms with Crippen molar-refractivity contribution in [2.45, 2.75) is 65.1 Å². The first-order chi connectivity index (χ1) is 14.6. The molecule has 3 amide bonds. The van der Waals surface area contributed by atoms with Crippen molar-refractivity contribution in [2.75, 3.05) is 0 Å². The van der Waals surface area contributed by atoms with E-state index in [9.17, 15) is 14.4 Å². The summed E-state index contributed by atoms with van der Waals surface area (Å²) >= 11 is 0. The topological polar surface area (TPSA) is 138 Å². The summed E-state index contributed by atoms with van der Waals surface area (Å²) in [4.78, 5) is 40.9. The van der Waals surface area contributed by atoms with E-state index in [0.29, 0.717) is 6.42 Å². The largest absolute Gasteiger partial charge is 0.444 e. The molecule has 170 valence electrons. The number of carbonyl (C=O) groups excluding carboxylic acids is 3. The Morgan fingerprint density at radius 1 is 1.13 bits per heavy atom. The van der Waals surface area contributed by atoms with E-state index in [1.165, 1.54) is 0 Å². The average molecular weight is 432 g/mol. The van der Waals surface area contributed by atoms with Crippen molar-refractivity contribution in [3.05, 3.63) is 36.0 Å². The summed E-state index contributed by atoms with van der Waals surface area (Å²) in [6.45, 7) is 8.98. The Labute approximate surface area is 182 Å². The van der Waals surface area contributed by atoms with E-state index in [2.05, 4.69) is 21.0 Å². The van der Waals surface area contributed by atoms with Crippen LogP contribution in [0, 0.1) is 5.92 Å². The molecule has 0 saturated carbocycles. The molecule has 1 aromatic carbocycles. The molecule has 0 spiro atoms. The summed E-state index contributed by atoms with van der Waals surface area (Å²) in [6.07, 6.45) is 1.97. The standard InChI is InChI=1S/C22H33N5O4/c1-6-13(2)18(20(29)27-23)26-19(28)17(25-21(30)31-22(3,4)5)11-14-12-24-16-10-8-7-9-15(14)16/h7-10,12-13,17-18,24H,6,11,23H2,1-5H3,(H,25,30)(H,26,28)(H,27,29)/t13-,17-,18-/m0/s1. The number of hydrogen-bond donors (Lipinski definition) is 5. The van der Waals surface area contributed by atoms with Crippen LogP contribution in [0.15, 0.2) is 30.5 Å². The first kappa shape index (κ1) is 24.2. The smallest absolute Gasteiger partial charge is 0.408 e. The fourth-order valence-electron chi connectivity index (χ4n) is 3.23. The Bertz CT molecular complexity index is 918. The number of ether oxygens (including phenoxy) is 1. The van der Waals surface area contributed by atoms with E-state index >= 15 is 0 Å². The number of para-hydroxylation sites is 1. The van der Waals surface area contributed by atoms with Gasteiger partial charge in [-0.05, 0) is 38.3 Å². The second kappa shape index (κ2) is 10.3. The molecule has 1 aromatic heterocycles. The van der Waals surface area contributed by atoms with Crippen LogP contribution in [0.4, 0.5) is 4.79 Å². The molecule has 9 heteroatoms. The minimum atomic E-state index is -0.953. The molecule has 2 aromatic rings. The second-order valence-corrected chi connectivity index (χ2v) is 8.64. The molecule has 0 saturated heterocycles. The third-order valence-corrected chi connectivity index (χ3v) is 5.04. The molecule has 31 heavy (non-hydrogen) atoms. The van der Waals surface area contributed by atoms with Gasteiger partial charge >= 0.3 is 6.09 Å². The van der Waals surface area contributed by atoms with E-state index < -0.39 is 35.6 Å². The van der Waals surface area contributed by atoms with Crippen LogP contribution in [0.2, 0.25) is 0 Å². The zero-order chi connectivity index (χ0) is 23.2. The zero-order valence-electron chi connectivity index (χ0n) is 18.7. The number of fused-ring (bicyclic) bond motifs is 1. The van der Waals surface area contributed by atoms with Crippen LogP contribution in [-0.4, -0.2) is 40.6 Å². The van der Waals surface area contributed by atoms with Crippen molar-refractivity contribution < 1.29 is 19.1 Å². The highest BCUT2D eigenvalue weighted by Crippen LogP contribution is 2.20. The predicted molar refractivity (Wildman–Crippen MR) is 119 cm³/mol. The first-order valence-electron chi connectivity index (χ1n) is 10.4. The number of rotatable bonds is 8. The van der Waals surface area contributed by atoms with Gasteiger partial charge in [0, 0.05) is 23.5 Å². The molecule has 0 radical (unpaired) electrons. The lowest BCUT2D eigenvalue weighted by Gasteiger charge is -2.27. The van der Waals surface area contributed by atoms with Crippen LogP contribution >= 0.6 is 0 Å². The third kappa shape index (κ3) is 6.71. The maximum absolute atomic E-state index is 13.1. The maximum atomic E-state index is 13.1. The normalized spacial score (nSPS) is 14.4. The molecule has 0 fully saturated rings. The SMILES string of the molecule is CC[C@H](C)[C@H](NC(=O)[C@H](Cc1c[nH]c2ccccc12)NC(=O)OC(C)(C)C)C(=O)NN. The lowest BCUT2D eigenvalue weighted by Crippen LogP contribution is -2.57. The Morgan fingerprint density at radius 2 is 1.81 bits per heavy atom. The van der Waals surface area contributed by atoms with Crippen molar-refractivity contribution in [3.8, 4) is 0 Å². The minimum Gasteiger partial charge on any atom is -0.444 e. The van der Waals surface area contributed by atoms with Crippen molar-refractivity contribution in [3.63, 3.8) is 0 Å². The van der Waals surface area contributed by atoms with E-state index in [4.69, 9.17) is 10.6 Å². The lowest BCUT2D eigenvalue weighted by atomic mass is 9.97. The third-order valence-electron chi connectivity index (χ3n) is 5.04. The molecular formula is C22H33N5O4. The molecule has 1 heterocycles. The van der Waals surface area contributed by atoms with Gasteiger partial charge in [0.05, 0.1) is 0 Å². The number of aromatic amines is 1. The number of aromatic nitrogens is 1. The number of amides is 3. The van der Waals surface area contributed by atoms with Crippen LogP contribution in [0.25, 0.3) is 10.9 Å². The van der Waals surface area contributed by atoms with Crippen molar-refractivity contribution in [1.82, 2.24) is 21.0 Å². The second-order valence-electron chi connectivity index (χ2n) is 8.64. The molecule has 2 rings (SSSR count). The zero-order valence-corrected chi connectivity index (χ0v) is 18.7. The van der Waals surface area contributed by atoms with Gasteiger partial charge in [-0.15, -0.1) is 0 Å². The fraction of sp³-hybridized carbons (Fsp3) is 0.500. The van der Waals surface area contributed by atoms with Gasteiger partial charge in [0.15, 0.2) is 0 Å². The van der Waals surface area contributed by atoms with Crippen LogP contribution in [-0.2, 0) is 20.7 Å². The van der Waals surface area contributed by atoms with Gasteiger partial charge in [-0.2, -0.15) is 0 Å². The van der Waals surface area contributed by atoms with Crippen LogP contribution in [0.1, 0.15) is 46.6 Å². The quantitative estimate of drug-likeness (QED) is 0.248. The summed E-state index contributed by atoms with van der Waals surface area (Å²) in [5.74, 6) is 4.15. The summed E-state index contributed by atoms with van der Waals surface area (Å²) in [7, 11) is 0. The number of hydrazine groups is 1. The fourth-order valence-corrected chi connectivity index (χ4v) is 3.23. The predicted octanol–water partition coefficient (Wildman–Crippen LogP) is 2.12. The van der Waals surface area contributed by atoms with Gasteiger partial charge in [-0.3, -0.25) is 15.0 Å². The number of H-pyrrole nitrogens is 1. The van der Waals surface area contributed by atoms with Gasteiger partial charge < -0.3 is 20.4 Å². The number of nitrogens with one attached hydrogen (secondary N) is 4. The summed E-state index contributed by atoms with van der Waals surface area (Å²) in [5, 5.41) is 6.33. The first-order valence-corrected chi connectivity index (χ1v) is 10.4. The molecule has 0 aliphatic carbocycles. The highest BCUT2D eigenvalue weighted by molar-refractivity contribution is 5.92. The van der Waals surface area contributed by atoms with Gasteiger partial charge in [0.25, 0.3) is 5.91 Å². The minimum absolute atomic E-state index is 0.150. The van der Waals surface area contributed by atoms with Gasteiger partial charge in [0.2, 0.25) is 5.91 Å². The van der Waals surface area contributed by atoms with E-state index in [1.807, 2.05) is 38.1 Å². The lowest BCUT2D eigenvalue weighted by molar-refractivity contribution is -0.131. The van der Waals surface area contributed by atoms with E-state index in [-0.39, 0.29) is 12.3 Å². The monoisotopic (exact) mass is 431 g/mol. The van der Waals surface area contributed by atoms with Gasteiger partial charge in [-0.25, -0.2) is 10.6 Å². The molecule has 3 atom stereocenters. The van der Waals surface area contributed by atoms with E-state index in [1.54, 1.807) is 27.0 Å². The maximum Gasteiger partial charge on any atom is 0.408 e. The average Bonchev–Trinajstić information content (AvgIpc) is 3.11. The van der Waals surface area contributed by atoms with Gasteiger partial charge in [-0.1, -0.05) is 38.5 Å². The number of hydrogen-bond acceptors (Lipinski definition) is 5. The van der Waals surface area contributed by atoms with Crippen LogP contribution < -0.4 is 21.9 Å². The molecular weight excluding hydrogens is 398 g/mol. The highest BCUT2D eigenvalue weighted by atomic mass is 16.6. The molecule has 0 unspecified atom stereocenters. The number of benzene rings is 1. The molecule has 9 nitrogen and oxygen atoms in total. The Hall–Kier alpha value is -3.07. The van der Waals surface area contributed by atoms with Crippen molar-refractivity contribution in [2.24, 2.45) is 11.8 Å². The van der Waals surface area contributed by atoms with Crippen LogP contribution in [0.5, 0.6) is 0 Å². The summed E-state index contributed by atoms with van der Waals surface area (Å²) in [5.41, 5.74) is 3.16. The number of alkyl carbamates (subject to hydrolysis) is 1. The summed E-state index contributed by atoms with van der Waals surface area (Å²) < 4.78 is 5.33. The van der Waals surface area contributed by atoms with E-state index in [0.717, 1.165) is 16.5 Å². The van der Waals surface area contributed by atoms with Crippen molar-refractivity contribution >= 4 is 28.8 Å². The Balaban J connectivity index is 2.28. The molecule has 0 aliphatic heterocycles. The Kier molecular flexibility index (Phi) is 8.04. The van der Waals surface area contributed by atoms with Gasteiger partial charge in [0.1, 0.15) is 17.7 Å². The highest BCUT2D eigenvalue weighted by Gasteiger charge is 2.31. The number of carbonyl (C=O) groups is 3. The Morgan fingerprint density at radius 3 is 2.42 bits per heavy atom. The number of nitrogens with two attached hydrogens (primary N) is 1. The molecule has 6 N–H and O–H groups in total. The van der Waals surface area contributed by atoms with Crippen molar-refractivity contribution in [1.29, 1.82) is 0 Å². The summed E-state index contributed by atoms with van der Waals surface area (Å²) in [6, 6.07) is 5.90.